The summed E-state index contributed by atoms with van der Waals surface area (Å²) in [6, 6.07) is 6.72. The third kappa shape index (κ3) is 3.74. The van der Waals surface area contributed by atoms with Crippen LogP contribution in [0.1, 0.15) is 37.8 Å². The molecule has 2 heteroatoms. The van der Waals surface area contributed by atoms with Crippen molar-refractivity contribution in [3.63, 3.8) is 0 Å². The average Bonchev–Trinajstić information content (AvgIpc) is 3.10. The number of hydrogen-bond donors (Lipinski definition) is 1. The summed E-state index contributed by atoms with van der Waals surface area (Å²) in [5, 5.41) is 0. The van der Waals surface area contributed by atoms with E-state index in [2.05, 4.69) is 25.1 Å². The summed E-state index contributed by atoms with van der Waals surface area (Å²) in [6.07, 6.45) is 4.64. The summed E-state index contributed by atoms with van der Waals surface area (Å²) in [4.78, 5) is 0. The van der Waals surface area contributed by atoms with Gasteiger partial charge in [0.25, 0.3) is 0 Å². The normalized spacial score (nSPS) is 16.9. The topological polar surface area (TPSA) is 35.2 Å². The third-order valence-corrected chi connectivity index (χ3v) is 3.23. The van der Waals surface area contributed by atoms with E-state index >= 15 is 0 Å². The van der Waals surface area contributed by atoms with E-state index in [1.54, 1.807) is 0 Å². The van der Waals surface area contributed by atoms with Gasteiger partial charge in [0.2, 0.25) is 0 Å². The fraction of sp³-hybridized carbons (Fsp3) is 0.600. The molecule has 1 aromatic rings. The lowest BCUT2D eigenvalue weighted by atomic mass is 10.0. The molecular formula is C15H23NO. The van der Waals surface area contributed by atoms with Crippen LogP contribution in [0.25, 0.3) is 0 Å². The number of nitrogens with two attached hydrogens (primary N) is 1. The van der Waals surface area contributed by atoms with Crippen molar-refractivity contribution in [2.75, 3.05) is 6.61 Å². The number of hydrogen-bond acceptors (Lipinski definition) is 2. The molecule has 2 rings (SSSR count). The molecule has 1 aromatic carbocycles. The van der Waals surface area contributed by atoms with Crippen molar-refractivity contribution in [2.45, 2.75) is 45.6 Å². The molecule has 17 heavy (non-hydrogen) atoms. The third-order valence-electron chi connectivity index (χ3n) is 3.23. The SMILES string of the molecule is CCc1cc(CC(C)N)ccc1OCC1CC1. The van der Waals surface area contributed by atoms with Gasteiger partial charge in [0.15, 0.2) is 0 Å². The second-order valence-electron chi connectivity index (χ2n) is 5.23. The summed E-state index contributed by atoms with van der Waals surface area (Å²) >= 11 is 0. The van der Waals surface area contributed by atoms with E-state index in [0.717, 1.165) is 31.1 Å². The van der Waals surface area contributed by atoms with Gasteiger partial charge in [-0.3, -0.25) is 0 Å². The molecule has 2 N–H and O–H groups in total. The second kappa shape index (κ2) is 5.54. The van der Waals surface area contributed by atoms with E-state index in [1.165, 1.54) is 24.0 Å². The summed E-state index contributed by atoms with van der Waals surface area (Å²) in [6.45, 7) is 5.11. The fourth-order valence-electron chi connectivity index (χ4n) is 2.04. The zero-order valence-electron chi connectivity index (χ0n) is 10.9. The highest BCUT2D eigenvalue weighted by Crippen LogP contribution is 2.30. The number of ether oxygens (including phenoxy) is 1. The highest BCUT2D eigenvalue weighted by molar-refractivity contribution is 5.37. The Kier molecular flexibility index (Phi) is 4.06. The first kappa shape index (κ1) is 12.4. The largest absolute Gasteiger partial charge is 0.493 e. The Morgan fingerprint density at radius 2 is 2.18 bits per heavy atom. The Hall–Kier alpha value is -1.02. The van der Waals surface area contributed by atoms with Crippen molar-refractivity contribution in [2.24, 2.45) is 11.7 Å². The zero-order valence-corrected chi connectivity index (χ0v) is 10.9. The van der Waals surface area contributed by atoms with Crippen molar-refractivity contribution in [1.82, 2.24) is 0 Å². The van der Waals surface area contributed by atoms with Gasteiger partial charge in [-0.25, -0.2) is 0 Å². The van der Waals surface area contributed by atoms with Crippen molar-refractivity contribution in [1.29, 1.82) is 0 Å². The molecule has 0 aliphatic heterocycles. The maximum Gasteiger partial charge on any atom is 0.122 e. The van der Waals surface area contributed by atoms with Gasteiger partial charge >= 0.3 is 0 Å². The first-order valence-corrected chi connectivity index (χ1v) is 6.69. The van der Waals surface area contributed by atoms with Crippen LogP contribution in [-0.2, 0) is 12.8 Å². The maximum atomic E-state index is 5.88. The molecule has 0 spiro atoms. The minimum Gasteiger partial charge on any atom is -0.493 e. The standard InChI is InChI=1S/C15H23NO/c1-3-14-9-13(8-11(2)16)6-7-15(14)17-10-12-4-5-12/h6-7,9,11-12H,3-5,8,10,16H2,1-2H3. The minimum absolute atomic E-state index is 0.220. The minimum atomic E-state index is 0.220. The van der Waals surface area contributed by atoms with Crippen LogP contribution < -0.4 is 10.5 Å². The second-order valence-corrected chi connectivity index (χ2v) is 5.23. The average molecular weight is 233 g/mol. The molecule has 1 unspecified atom stereocenters. The van der Waals surface area contributed by atoms with Crippen molar-refractivity contribution >= 4 is 0 Å². The summed E-state index contributed by atoms with van der Waals surface area (Å²) in [7, 11) is 0. The van der Waals surface area contributed by atoms with Gasteiger partial charge in [-0.15, -0.1) is 0 Å². The molecule has 1 aliphatic carbocycles. The van der Waals surface area contributed by atoms with Gasteiger partial charge in [0.05, 0.1) is 6.61 Å². The molecular weight excluding hydrogens is 210 g/mol. The van der Waals surface area contributed by atoms with E-state index in [4.69, 9.17) is 10.5 Å². The van der Waals surface area contributed by atoms with E-state index in [9.17, 15) is 0 Å². The molecule has 0 amide bonds. The lowest BCUT2D eigenvalue weighted by molar-refractivity contribution is 0.297. The maximum absolute atomic E-state index is 5.88. The molecule has 1 saturated carbocycles. The Morgan fingerprint density at radius 3 is 2.76 bits per heavy atom. The van der Waals surface area contributed by atoms with Crippen molar-refractivity contribution in [3.8, 4) is 5.75 Å². The van der Waals surface area contributed by atoms with Crippen LogP contribution >= 0.6 is 0 Å². The lowest BCUT2D eigenvalue weighted by Crippen LogP contribution is -2.17. The van der Waals surface area contributed by atoms with E-state index in [-0.39, 0.29) is 6.04 Å². The van der Waals surface area contributed by atoms with E-state index < -0.39 is 0 Å². The van der Waals surface area contributed by atoms with Crippen LogP contribution in [0, 0.1) is 5.92 Å². The molecule has 0 aromatic heterocycles. The van der Waals surface area contributed by atoms with Crippen molar-refractivity contribution in [3.05, 3.63) is 29.3 Å². The van der Waals surface area contributed by atoms with Crippen LogP contribution in [-0.4, -0.2) is 12.6 Å². The first-order valence-electron chi connectivity index (χ1n) is 6.69. The summed E-state index contributed by atoms with van der Waals surface area (Å²) in [5.41, 5.74) is 8.45. The highest BCUT2D eigenvalue weighted by atomic mass is 16.5. The van der Waals surface area contributed by atoms with Crippen LogP contribution in [0.15, 0.2) is 18.2 Å². The van der Waals surface area contributed by atoms with Crippen molar-refractivity contribution < 1.29 is 4.74 Å². The number of rotatable bonds is 6. The predicted molar refractivity (Wildman–Crippen MR) is 71.4 cm³/mol. The van der Waals surface area contributed by atoms with Crippen LogP contribution in [0.2, 0.25) is 0 Å². The number of benzene rings is 1. The smallest absolute Gasteiger partial charge is 0.122 e. The van der Waals surface area contributed by atoms with Gasteiger partial charge in [-0.05, 0) is 55.7 Å². The molecule has 1 fully saturated rings. The predicted octanol–water partition coefficient (Wildman–Crippen LogP) is 2.93. The Morgan fingerprint density at radius 1 is 1.41 bits per heavy atom. The molecule has 1 atom stereocenters. The van der Waals surface area contributed by atoms with Gasteiger partial charge in [-0.2, -0.15) is 0 Å². The lowest BCUT2D eigenvalue weighted by Gasteiger charge is -2.13. The van der Waals surface area contributed by atoms with Gasteiger partial charge in [0, 0.05) is 6.04 Å². The van der Waals surface area contributed by atoms with Crippen LogP contribution in [0.4, 0.5) is 0 Å². The summed E-state index contributed by atoms with van der Waals surface area (Å²) in [5.74, 6) is 1.87. The van der Waals surface area contributed by atoms with Gasteiger partial charge < -0.3 is 10.5 Å². The molecule has 94 valence electrons. The van der Waals surface area contributed by atoms with E-state index in [1.807, 2.05) is 6.92 Å². The fourth-order valence-corrected chi connectivity index (χ4v) is 2.04. The van der Waals surface area contributed by atoms with Gasteiger partial charge in [0.1, 0.15) is 5.75 Å². The highest BCUT2D eigenvalue weighted by Gasteiger charge is 2.22. The molecule has 0 saturated heterocycles. The van der Waals surface area contributed by atoms with Gasteiger partial charge in [-0.1, -0.05) is 19.1 Å². The first-order chi connectivity index (χ1) is 8.19. The van der Waals surface area contributed by atoms with Crippen LogP contribution in [0.5, 0.6) is 5.75 Å². The van der Waals surface area contributed by atoms with Crippen LogP contribution in [0.3, 0.4) is 0 Å². The molecule has 0 heterocycles. The summed E-state index contributed by atoms with van der Waals surface area (Å²) < 4.78 is 5.88. The zero-order chi connectivity index (χ0) is 12.3. The quantitative estimate of drug-likeness (QED) is 0.820. The Bertz CT molecular complexity index is 369. The monoisotopic (exact) mass is 233 g/mol. The Balaban J connectivity index is 2.03. The molecule has 2 nitrogen and oxygen atoms in total. The Labute approximate surface area is 104 Å². The molecule has 0 bridgehead atoms. The van der Waals surface area contributed by atoms with E-state index in [0.29, 0.717) is 0 Å². The molecule has 1 aliphatic rings. The molecule has 0 radical (unpaired) electrons. The number of aryl methyl sites for hydroxylation is 1.